The molecule has 1 aliphatic rings. The minimum Gasteiger partial charge on any atom is -0.497 e. The molecular weight excluding hydrogens is 289 g/mol. The third kappa shape index (κ3) is 3.13. The average Bonchev–Trinajstić information content (AvgIpc) is 2.50. The van der Waals surface area contributed by atoms with Crippen LogP contribution in [0.15, 0.2) is 36.4 Å². The van der Waals surface area contributed by atoms with Crippen LogP contribution < -0.4 is 10.1 Å². The molecule has 2 aromatic rings. The van der Waals surface area contributed by atoms with Crippen molar-refractivity contribution in [3.63, 3.8) is 0 Å². The average molecular weight is 306 g/mol. The predicted molar refractivity (Wildman–Crippen MR) is 83.8 cm³/mol. The zero-order valence-corrected chi connectivity index (χ0v) is 12.6. The standard InChI is InChI=1S/C17H17ClFNO/c1-21-15-6-3-11-2-4-13(8-12(11)9-15)20-14-5-7-17(19)16(18)10-14/h3,5-7,9-10,13,20H,2,4,8H2,1H3. The molecule has 1 N–H and O–H groups in total. The van der Waals surface area contributed by atoms with Crippen molar-refractivity contribution in [2.75, 3.05) is 12.4 Å². The number of ether oxygens (including phenoxy) is 1. The van der Waals surface area contributed by atoms with Gasteiger partial charge in [-0.1, -0.05) is 17.7 Å². The highest BCUT2D eigenvalue weighted by Crippen LogP contribution is 2.28. The Balaban J connectivity index is 1.74. The van der Waals surface area contributed by atoms with Gasteiger partial charge in [0, 0.05) is 11.7 Å². The highest BCUT2D eigenvalue weighted by Gasteiger charge is 2.19. The van der Waals surface area contributed by atoms with Gasteiger partial charge in [-0.15, -0.1) is 0 Å². The normalized spacial score (nSPS) is 17.2. The van der Waals surface area contributed by atoms with Crippen LogP contribution >= 0.6 is 11.6 Å². The number of aryl methyl sites for hydroxylation is 1. The number of fused-ring (bicyclic) bond motifs is 1. The Kier molecular flexibility index (Phi) is 4.02. The Bertz CT molecular complexity index is 659. The lowest BCUT2D eigenvalue weighted by atomic mass is 9.88. The van der Waals surface area contributed by atoms with Crippen LogP contribution in [0.1, 0.15) is 17.5 Å². The maximum Gasteiger partial charge on any atom is 0.141 e. The Morgan fingerprint density at radius 1 is 1.19 bits per heavy atom. The first-order valence-corrected chi connectivity index (χ1v) is 7.41. The summed E-state index contributed by atoms with van der Waals surface area (Å²) < 4.78 is 18.5. The van der Waals surface area contributed by atoms with Gasteiger partial charge in [-0.3, -0.25) is 0 Å². The summed E-state index contributed by atoms with van der Waals surface area (Å²) in [5.41, 5.74) is 3.55. The molecule has 2 aromatic carbocycles. The van der Waals surface area contributed by atoms with Crippen LogP contribution in [0.3, 0.4) is 0 Å². The molecule has 0 spiro atoms. The van der Waals surface area contributed by atoms with Gasteiger partial charge in [-0.05, 0) is 60.7 Å². The summed E-state index contributed by atoms with van der Waals surface area (Å²) >= 11 is 5.82. The Labute approximate surface area is 128 Å². The predicted octanol–water partition coefficient (Wildman–Crippen LogP) is 4.46. The molecule has 1 aliphatic carbocycles. The summed E-state index contributed by atoms with van der Waals surface area (Å²) in [4.78, 5) is 0. The molecule has 0 saturated heterocycles. The zero-order valence-electron chi connectivity index (χ0n) is 11.8. The Hall–Kier alpha value is -1.74. The van der Waals surface area contributed by atoms with Crippen molar-refractivity contribution in [3.8, 4) is 5.75 Å². The summed E-state index contributed by atoms with van der Waals surface area (Å²) in [5.74, 6) is 0.500. The van der Waals surface area contributed by atoms with E-state index in [1.807, 2.05) is 6.07 Å². The van der Waals surface area contributed by atoms with Crippen molar-refractivity contribution in [1.29, 1.82) is 0 Å². The summed E-state index contributed by atoms with van der Waals surface area (Å²) in [6.07, 6.45) is 3.02. The van der Waals surface area contributed by atoms with Crippen LogP contribution in [0.5, 0.6) is 5.75 Å². The molecule has 0 heterocycles. The fraction of sp³-hybridized carbons (Fsp3) is 0.294. The van der Waals surface area contributed by atoms with E-state index in [1.54, 1.807) is 19.2 Å². The third-order valence-electron chi connectivity index (χ3n) is 3.93. The number of halogens is 2. The minimum atomic E-state index is -0.388. The van der Waals surface area contributed by atoms with Crippen LogP contribution in [-0.2, 0) is 12.8 Å². The van der Waals surface area contributed by atoms with Gasteiger partial charge >= 0.3 is 0 Å². The zero-order chi connectivity index (χ0) is 14.8. The summed E-state index contributed by atoms with van der Waals surface area (Å²) in [5, 5.41) is 3.59. The van der Waals surface area contributed by atoms with E-state index >= 15 is 0 Å². The number of benzene rings is 2. The van der Waals surface area contributed by atoms with Crippen molar-refractivity contribution in [2.24, 2.45) is 0 Å². The second-order valence-corrected chi connectivity index (χ2v) is 5.75. The van der Waals surface area contributed by atoms with E-state index in [-0.39, 0.29) is 10.8 Å². The number of hydrogen-bond acceptors (Lipinski definition) is 2. The second-order valence-electron chi connectivity index (χ2n) is 5.35. The first-order chi connectivity index (χ1) is 10.2. The number of anilines is 1. The quantitative estimate of drug-likeness (QED) is 0.904. The van der Waals surface area contributed by atoms with Crippen molar-refractivity contribution >= 4 is 17.3 Å². The van der Waals surface area contributed by atoms with E-state index in [4.69, 9.17) is 16.3 Å². The van der Waals surface area contributed by atoms with Crippen LogP contribution in [0, 0.1) is 5.82 Å². The van der Waals surface area contributed by atoms with Gasteiger partial charge in [0.2, 0.25) is 0 Å². The van der Waals surface area contributed by atoms with Crippen LogP contribution in [0.4, 0.5) is 10.1 Å². The van der Waals surface area contributed by atoms with E-state index in [2.05, 4.69) is 17.4 Å². The van der Waals surface area contributed by atoms with E-state index in [1.165, 1.54) is 17.2 Å². The molecule has 2 nitrogen and oxygen atoms in total. The summed E-state index contributed by atoms with van der Waals surface area (Å²) in [6, 6.07) is 11.3. The molecule has 21 heavy (non-hydrogen) atoms. The SMILES string of the molecule is COc1ccc2c(c1)CC(Nc1ccc(F)c(Cl)c1)CC2. The highest BCUT2D eigenvalue weighted by atomic mass is 35.5. The second kappa shape index (κ2) is 5.94. The van der Waals surface area contributed by atoms with Gasteiger partial charge in [0.1, 0.15) is 11.6 Å². The molecule has 0 fully saturated rings. The molecule has 4 heteroatoms. The lowest BCUT2D eigenvalue weighted by Gasteiger charge is -2.26. The lowest BCUT2D eigenvalue weighted by molar-refractivity contribution is 0.413. The van der Waals surface area contributed by atoms with Crippen molar-refractivity contribution in [2.45, 2.75) is 25.3 Å². The Morgan fingerprint density at radius 3 is 2.81 bits per heavy atom. The Morgan fingerprint density at radius 2 is 2.05 bits per heavy atom. The fourth-order valence-electron chi connectivity index (χ4n) is 2.81. The monoisotopic (exact) mass is 305 g/mol. The van der Waals surface area contributed by atoms with E-state index in [9.17, 15) is 4.39 Å². The third-order valence-corrected chi connectivity index (χ3v) is 4.22. The molecule has 0 aliphatic heterocycles. The lowest BCUT2D eigenvalue weighted by Crippen LogP contribution is -2.27. The molecule has 0 aromatic heterocycles. The van der Waals surface area contributed by atoms with E-state index in [0.717, 1.165) is 30.7 Å². The van der Waals surface area contributed by atoms with Crippen LogP contribution in [0.25, 0.3) is 0 Å². The molecule has 1 atom stereocenters. The molecule has 0 saturated carbocycles. The van der Waals surface area contributed by atoms with Gasteiger partial charge in [0.25, 0.3) is 0 Å². The molecule has 0 amide bonds. The van der Waals surface area contributed by atoms with Gasteiger partial charge in [-0.2, -0.15) is 0 Å². The maximum atomic E-state index is 13.2. The number of nitrogens with one attached hydrogen (secondary N) is 1. The van der Waals surface area contributed by atoms with Crippen LogP contribution in [0.2, 0.25) is 5.02 Å². The van der Waals surface area contributed by atoms with E-state index in [0.29, 0.717) is 6.04 Å². The smallest absolute Gasteiger partial charge is 0.141 e. The van der Waals surface area contributed by atoms with Crippen molar-refractivity contribution < 1.29 is 9.13 Å². The highest BCUT2D eigenvalue weighted by molar-refractivity contribution is 6.31. The van der Waals surface area contributed by atoms with E-state index < -0.39 is 0 Å². The van der Waals surface area contributed by atoms with Crippen LogP contribution in [-0.4, -0.2) is 13.2 Å². The first kappa shape index (κ1) is 14.2. The number of methoxy groups -OCH3 is 1. The summed E-state index contributed by atoms with van der Waals surface area (Å²) in [6.45, 7) is 0. The van der Waals surface area contributed by atoms with Gasteiger partial charge in [0.15, 0.2) is 0 Å². The van der Waals surface area contributed by atoms with Gasteiger partial charge in [0.05, 0.1) is 12.1 Å². The fourth-order valence-corrected chi connectivity index (χ4v) is 2.99. The topological polar surface area (TPSA) is 21.3 Å². The molecule has 1 unspecified atom stereocenters. The number of hydrogen-bond donors (Lipinski definition) is 1. The van der Waals surface area contributed by atoms with Gasteiger partial charge in [-0.25, -0.2) is 4.39 Å². The minimum absolute atomic E-state index is 0.151. The molecule has 0 radical (unpaired) electrons. The summed E-state index contributed by atoms with van der Waals surface area (Å²) in [7, 11) is 1.68. The van der Waals surface area contributed by atoms with Crippen molar-refractivity contribution in [3.05, 3.63) is 58.4 Å². The molecule has 0 bridgehead atoms. The molecular formula is C17H17ClFNO. The number of rotatable bonds is 3. The molecule has 110 valence electrons. The van der Waals surface area contributed by atoms with Crippen molar-refractivity contribution in [1.82, 2.24) is 0 Å². The molecule has 3 rings (SSSR count). The first-order valence-electron chi connectivity index (χ1n) is 7.03. The van der Waals surface area contributed by atoms with Gasteiger partial charge < -0.3 is 10.1 Å². The maximum absolute atomic E-state index is 13.2. The largest absolute Gasteiger partial charge is 0.497 e.